The lowest BCUT2D eigenvalue weighted by Crippen LogP contribution is -2.12. The van der Waals surface area contributed by atoms with E-state index in [0.717, 1.165) is 29.5 Å². The molecule has 2 aromatic heterocycles. The van der Waals surface area contributed by atoms with Crippen LogP contribution in [0.4, 0.5) is 0 Å². The second kappa shape index (κ2) is 6.07. The Morgan fingerprint density at radius 3 is 3.00 bits per heavy atom. The standard InChI is InChI=1S/C13H16N4O2S2/c14-17-12(15-16-13(17)20-7-11(18)19)10-6-8-4-2-1-3-5-9(8)21-10/h6H,1-5,7,14H2,(H,18,19). The highest BCUT2D eigenvalue weighted by Gasteiger charge is 2.18. The zero-order valence-electron chi connectivity index (χ0n) is 11.4. The van der Waals surface area contributed by atoms with Gasteiger partial charge in [-0.2, -0.15) is 0 Å². The van der Waals surface area contributed by atoms with Crippen molar-refractivity contribution in [1.29, 1.82) is 0 Å². The van der Waals surface area contributed by atoms with Crippen LogP contribution < -0.4 is 5.84 Å². The summed E-state index contributed by atoms with van der Waals surface area (Å²) in [5.41, 5.74) is 1.40. The number of aliphatic carboxylic acids is 1. The lowest BCUT2D eigenvalue weighted by molar-refractivity contribution is -0.133. The van der Waals surface area contributed by atoms with Crippen LogP contribution in [-0.4, -0.2) is 31.7 Å². The third kappa shape index (κ3) is 3.06. The Balaban J connectivity index is 1.85. The first kappa shape index (κ1) is 14.4. The topological polar surface area (TPSA) is 94.0 Å². The highest BCUT2D eigenvalue weighted by molar-refractivity contribution is 7.99. The average Bonchev–Trinajstić information content (AvgIpc) is 2.94. The highest BCUT2D eigenvalue weighted by Crippen LogP contribution is 2.34. The third-order valence-corrected chi connectivity index (χ3v) is 5.62. The van der Waals surface area contributed by atoms with E-state index in [1.165, 1.54) is 34.4 Å². The molecule has 0 atom stereocenters. The average molecular weight is 324 g/mol. The van der Waals surface area contributed by atoms with E-state index in [1.807, 2.05) is 0 Å². The molecule has 0 unspecified atom stereocenters. The van der Waals surface area contributed by atoms with Crippen LogP contribution in [0.3, 0.4) is 0 Å². The first-order chi connectivity index (χ1) is 10.1. The number of fused-ring (bicyclic) bond motifs is 1. The molecule has 3 rings (SSSR count). The molecule has 0 bridgehead atoms. The van der Waals surface area contributed by atoms with Gasteiger partial charge in [0.1, 0.15) is 0 Å². The van der Waals surface area contributed by atoms with E-state index in [0.29, 0.717) is 11.0 Å². The molecule has 0 spiro atoms. The van der Waals surface area contributed by atoms with Crippen LogP contribution in [0.15, 0.2) is 11.2 Å². The van der Waals surface area contributed by atoms with Crippen molar-refractivity contribution in [3.63, 3.8) is 0 Å². The zero-order valence-corrected chi connectivity index (χ0v) is 13.0. The predicted octanol–water partition coefficient (Wildman–Crippen LogP) is 2.17. The molecule has 2 heterocycles. The van der Waals surface area contributed by atoms with Crippen molar-refractivity contribution >= 4 is 29.1 Å². The fourth-order valence-electron chi connectivity index (χ4n) is 2.45. The summed E-state index contributed by atoms with van der Waals surface area (Å²) in [4.78, 5) is 13.0. The zero-order chi connectivity index (χ0) is 14.8. The molecule has 112 valence electrons. The number of thioether (sulfide) groups is 1. The normalized spacial score (nSPS) is 14.7. The van der Waals surface area contributed by atoms with Crippen LogP contribution in [0.2, 0.25) is 0 Å². The van der Waals surface area contributed by atoms with Crippen molar-refractivity contribution in [2.75, 3.05) is 11.6 Å². The number of rotatable bonds is 4. The van der Waals surface area contributed by atoms with Gasteiger partial charge in [0, 0.05) is 4.88 Å². The van der Waals surface area contributed by atoms with E-state index in [4.69, 9.17) is 10.9 Å². The molecule has 0 aromatic carbocycles. The Kier molecular flexibility index (Phi) is 4.16. The number of carboxylic acids is 1. The van der Waals surface area contributed by atoms with Crippen molar-refractivity contribution in [2.24, 2.45) is 0 Å². The van der Waals surface area contributed by atoms with Crippen LogP contribution in [0.1, 0.15) is 29.7 Å². The summed E-state index contributed by atoms with van der Waals surface area (Å²) in [6.07, 6.45) is 6.00. The van der Waals surface area contributed by atoms with Crippen molar-refractivity contribution in [3.8, 4) is 10.7 Å². The van der Waals surface area contributed by atoms with Gasteiger partial charge in [0.25, 0.3) is 0 Å². The van der Waals surface area contributed by atoms with Gasteiger partial charge < -0.3 is 10.9 Å². The predicted molar refractivity (Wildman–Crippen MR) is 83.1 cm³/mol. The summed E-state index contributed by atoms with van der Waals surface area (Å²) in [6.45, 7) is 0. The number of nitrogen functional groups attached to an aromatic ring is 1. The lowest BCUT2D eigenvalue weighted by atomic mass is 10.1. The SMILES string of the molecule is Nn1c(SCC(=O)O)nnc1-c1cc2c(s1)CCCCC2. The van der Waals surface area contributed by atoms with Crippen molar-refractivity contribution in [2.45, 2.75) is 37.3 Å². The summed E-state index contributed by atoms with van der Waals surface area (Å²) >= 11 is 2.80. The smallest absolute Gasteiger partial charge is 0.313 e. The molecule has 0 saturated heterocycles. The molecule has 0 fully saturated rings. The van der Waals surface area contributed by atoms with Gasteiger partial charge in [-0.1, -0.05) is 18.2 Å². The van der Waals surface area contributed by atoms with Gasteiger partial charge in [0.05, 0.1) is 10.6 Å². The number of thiophene rings is 1. The second-order valence-electron chi connectivity index (χ2n) is 4.98. The number of hydrogen-bond acceptors (Lipinski definition) is 6. The number of aromatic nitrogens is 3. The van der Waals surface area contributed by atoms with Crippen LogP contribution in [0.25, 0.3) is 10.7 Å². The lowest BCUT2D eigenvalue weighted by Gasteiger charge is -2.00. The summed E-state index contributed by atoms with van der Waals surface area (Å²) < 4.78 is 1.39. The maximum Gasteiger partial charge on any atom is 0.313 e. The minimum atomic E-state index is -0.896. The molecule has 2 aromatic rings. The fraction of sp³-hybridized carbons (Fsp3) is 0.462. The molecule has 1 aliphatic carbocycles. The van der Waals surface area contributed by atoms with E-state index >= 15 is 0 Å². The third-order valence-electron chi connectivity index (χ3n) is 3.46. The molecule has 0 aliphatic heterocycles. The molecule has 3 N–H and O–H groups in total. The minimum absolute atomic E-state index is 0.0731. The second-order valence-corrected chi connectivity index (χ2v) is 7.06. The summed E-state index contributed by atoms with van der Waals surface area (Å²) in [5.74, 6) is 5.64. The Bertz CT molecular complexity index is 642. The Labute approximate surface area is 130 Å². The van der Waals surface area contributed by atoms with Crippen molar-refractivity contribution in [1.82, 2.24) is 14.9 Å². The maximum atomic E-state index is 10.6. The van der Waals surface area contributed by atoms with E-state index in [9.17, 15) is 4.79 Å². The number of hydrogen-bond donors (Lipinski definition) is 2. The molecule has 0 radical (unpaired) electrons. The quantitative estimate of drug-likeness (QED) is 0.508. The number of carboxylic acid groups (broad SMARTS) is 1. The van der Waals surface area contributed by atoms with E-state index < -0.39 is 5.97 Å². The Morgan fingerprint density at radius 1 is 1.38 bits per heavy atom. The fourth-order valence-corrected chi connectivity index (χ4v) is 4.26. The summed E-state index contributed by atoms with van der Waals surface area (Å²) in [5, 5.41) is 17.2. The number of aryl methyl sites for hydroxylation is 2. The number of nitrogens with two attached hydrogens (primary N) is 1. The highest BCUT2D eigenvalue weighted by atomic mass is 32.2. The van der Waals surface area contributed by atoms with Crippen LogP contribution in [0.5, 0.6) is 0 Å². The number of nitrogens with zero attached hydrogens (tertiary/aromatic N) is 3. The molecular formula is C13H16N4O2S2. The molecule has 0 saturated carbocycles. The van der Waals surface area contributed by atoms with Gasteiger partial charge in [-0.3, -0.25) is 4.79 Å². The van der Waals surface area contributed by atoms with Gasteiger partial charge in [-0.05, 0) is 37.3 Å². The van der Waals surface area contributed by atoms with Gasteiger partial charge in [-0.25, -0.2) is 4.68 Å². The molecule has 21 heavy (non-hydrogen) atoms. The van der Waals surface area contributed by atoms with E-state index in [-0.39, 0.29) is 5.75 Å². The molecular weight excluding hydrogens is 308 g/mol. The van der Waals surface area contributed by atoms with Crippen molar-refractivity contribution in [3.05, 3.63) is 16.5 Å². The summed E-state index contributed by atoms with van der Waals surface area (Å²) in [7, 11) is 0. The van der Waals surface area contributed by atoms with E-state index in [2.05, 4.69) is 16.3 Å². The van der Waals surface area contributed by atoms with Crippen LogP contribution in [0, 0.1) is 0 Å². The van der Waals surface area contributed by atoms with Crippen LogP contribution >= 0.6 is 23.1 Å². The first-order valence-electron chi connectivity index (χ1n) is 6.82. The Morgan fingerprint density at radius 2 is 2.19 bits per heavy atom. The van der Waals surface area contributed by atoms with Gasteiger partial charge >= 0.3 is 5.97 Å². The first-order valence-corrected chi connectivity index (χ1v) is 8.62. The van der Waals surface area contributed by atoms with Crippen molar-refractivity contribution < 1.29 is 9.90 Å². The van der Waals surface area contributed by atoms with E-state index in [1.54, 1.807) is 11.3 Å². The molecule has 1 aliphatic rings. The maximum absolute atomic E-state index is 10.6. The number of carbonyl (C=O) groups is 1. The monoisotopic (exact) mass is 324 g/mol. The molecule has 6 nitrogen and oxygen atoms in total. The minimum Gasteiger partial charge on any atom is -0.481 e. The van der Waals surface area contributed by atoms with Gasteiger partial charge in [-0.15, -0.1) is 21.5 Å². The van der Waals surface area contributed by atoms with Gasteiger partial charge in [0.15, 0.2) is 5.82 Å². The van der Waals surface area contributed by atoms with Gasteiger partial charge in [0.2, 0.25) is 5.16 Å². The largest absolute Gasteiger partial charge is 0.481 e. The molecule has 0 amide bonds. The Hall–Kier alpha value is -1.54. The van der Waals surface area contributed by atoms with Crippen LogP contribution in [-0.2, 0) is 17.6 Å². The summed E-state index contributed by atoms with van der Waals surface area (Å²) in [6, 6.07) is 2.16. The molecule has 8 heteroatoms.